The van der Waals surface area contributed by atoms with Gasteiger partial charge in [-0.2, -0.15) is 0 Å². The SMILES string of the molecule is CCc1cc(-c2ccc(OC)c(OC3CCCC3)c2)c(C(C)=O)cc1F. The van der Waals surface area contributed by atoms with E-state index in [2.05, 4.69) is 0 Å². The van der Waals surface area contributed by atoms with Crippen LogP contribution in [0.25, 0.3) is 11.1 Å². The van der Waals surface area contributed by atoms with Crippen molar-refractivity contribution < 1.29 is 18.7 Å². The smallest absolute Gasteiger partial charge is 0.162 e. The molecule has 0 unspecified atom stereocenters. The molecule has 0 radical (unpaired) electrons. The first-order valence-electron chi connectivity index (χ1n) is 9.22. The van der Waals surface area contributed by atoms with E-state index >= 15 is 0 Å². The van der Waals surface area contributed by atoms with Gasteiger partial charge in [0.2, 0.25) is 0 Å². The Morgan fingerprint density at radius 3 is 2.50 bits per heavy atom. The Bertz CT molecular complexity index is 807. The average Bonchev–Trinajstić information content (AvgIpc) is 3.14. The molecule has 0 bridgehead atoms. The maximum Gasteiger partial charge on any atom is 0.162 e. The highest BCUT2D eigenvalue weighted by atomic mass is 19.1. The number of ether oxygens (including phenoxy) is 2. The topological polar surface area (TPSA) is 35.5 Å². The second-order valence-electron chi connectivity index (χ2n) is 6.79. The molecule has 4 heteroatoms. The van der Waals surface area contributed by atoms with E-state index in [1.54, 1.807) is 13.2 Å². The van der Waals surface area contributed by atoms with E-state index < -0.39 is 0 Å². The predicted molar refractivity (Wildman–Crippen MR) is 101 cm³/mol. The van der Waals surface area contributed by atoms with Crippen molar-refractivity contribution in [3.8, 4) is 22.6 Å². The van der Waals surface area contributed by atoms with Crippen molar-refractivity contribution in [3.63, 3.8) is 0 Å². The molecular weight excluding hydrogens is 331 g/mol. The van der Waals surface area contributed by atoms with Gasteiger partial charge in [0.25, 0.3) is 0 Å². The Morgan fingerprint density at radius 1 is 1.15 bits per heavy atom. The summed E-state index contributed by atoms with van der Waals surface area (Å²) in [5, 5.41) is 0. The van der Waals surface area contributed by atoms with Gasteiger partial charge in [0.15, 0.2) is 17.3 Å². The second-order valence-corrected chi connectivity index (χ2v) is 6.79. The van der Waals surface area contributed by atoms with E-state index in [0.29, 0.717) is 29.0 Å². The maximum atomic E-state index is 14.2. The molecule has 0 spiro atoms. The van der Waals surface area contributed by atoms with Gasteiger partial charge in [-0.05, 0) is 80.0 Å². The predicted octanol–water partition coefficient (Wildman–Crippen LogP) is 5.59. The van der Waals surface area contributed by atoms with E-state index in [1.807, 2.05) is 25.1 Å². The van der Waals surface area contributed by atoms with Crippen LogP contribution in [-0.4, -0.2) is 19.0 Å². The fourth-order valence-electron chi connectivity index (χ4n) is 3.54. The van der Waals surface area contributed by atoms with Gasteiger partial charge in [-0.15, -0.1) is 0 Å². The molecule has 2 aromatic rings. The number of Topliss-reactive ketones (excluding diaryl/α,β-unsaturated/α-hetero) is 1. The van der Waals surface area contributed by atoms with Crippen LogP contribution < -0.4 is 9.47 Å². The zero-order chi connectivity index (χ0) is 18.7. The summed E-state index contributed by atoms with van der Waals surface area (Å²) in [5.74, 6) is 0.852. The third-order valence-electron chi connectivity index (χ3n) is 5.02. The molecule has 1 aliphatic rings. The largest absolute Gasteiger partial charge is 0.493 e. The van der Waals surface area contributed by atoms with Crippen LogP contribution in [0.1, 0.15) is 55.5 Å². The Hall–Kier alpha value is -2.36. The highest BCUT2D eigenvalue weighted by molar-refractivity contribution is 6.01. The van der Waals surface area contributed by atoms with E-state index in [1.165, 1.54) is 25.8 Å². The van der Waals surface area contributed by atoms with Crippen LogP contribution in [-0.2, 0) is 6.42 Å². The summed E-state index contributed by atoms with van der Waals surface area (Å²) in [5.41, 5.74) is 2.55. The van der Waals surface area contributed by atoms with Gasteiger partial charge in [-0.1, -0.05) is 13.0 Å². The van der Waals surface area contributed by atoms with Gasteiger partial charge in [-0.3, -0.25) is 4.79 Å². The van der Waals surface area contributed by atoms with Crippen LogP contribution in [0.2, 0.25) is 0 Å². The zero-order valence-corrected chi connectivity index (χ0v) is 15.6. The Labute approximate surface area is 154 Å². The highest BCUT2D eigenvalue weighted by Gasteiger charge is 2.20. The first-order chi connectivity index (χ1) is 12.5. The molecule has 1 fully saturated rings. The van der Waals surface area contributed by atoms with E-state index in [0.717, 1.165) is 24.0 Å². The summed E-state index contributed by atoms with van der Waals surface area (Å²) in [6.45, 7) is 3.36. The van der Waals surface area contributed by atoms with Gasteiger partial charge in [0.05, 0.1) is 13.2 Å². The second kappa shape index (κ2) is 7.90. The number of ketones is 1. The minimum atomic E-state index is -0.336. The van der Waals surface area contributed by atoms with E-state index in [9.17, 15) is 9.18 Å². The van der Waals surface area contributed by atoms with Crippen molar-refractivity contribution in [2.45, 2.75) is 52.1 Å². The van der Waals surface area contributed by atoms with Crippen LogP contribution >= 0.6 is 0 Å². The van der Waals surface area contributed by atoms with Crippen LogP contribution in [0.15, 0.2) is 30.3 Å². The lowest BCUT2D eigenvalue weighted by atomic mass is 9.94. The fraction of sp³-hybridized carbons (Fsp3) is 0.409. The quantitative estimate of drug-likeness (QED) is 0.633. The molecule has 0 amide bonds. The molecule has 0 heterocycles. The third-order valence-corrected chi connectivity index (χ3v) is 5.02. The molecule has 0 saturated heterocycles. The summed E-state index contributed by atoms with van der Waals surface area (Å²) in [7, 11) is 1.62. The summed E-state index contributed by atoms with van der Waals surface area (Å²) in [4.78, 5) is 12.1. The maximum absolute atomic E-state index is 14.2. The molecule has 2 aromatic carbocycles. The molecule has 26 heavy (non-hydrogen) atoms. The molecule has 0 N–H and O–H groups in total. The normalized spacial score (nSPS) is 14.5. The summed E-state index contributed by atoms with van der Waals surface area (Å²) in [6, 6.07) is 8.75. The van der Waals surface area contributed by atoms with Crippen LogP contribution in [0.5, 0.6) is 11.5 Å². The molecule has 3 rings (SSSR count). The monoisotopic (exact) mass is 356 g/mol. The van der Waals surface area contributed by atoms with Crippen molar-refractivity contribution >= 4 is 5.78 Å². The number of halogens is 1. The zero-order valence-electron chi connectivity index (χ0n) is 15.6. The highest BCUT2D eigenvalue weighted by Crippen LogP contribution is 2.37. The van der Waals surface area contributed by atoms with Gasteiger partial charge < -0.3 is 9.47 Å². The van der Waals surface area contributed by atoms with Crippen LogP contribution in [0.4, 0.5) is 4.39 Å². The first kappa shape index (κ1) is 18.4. The Kier molecular flexibility index (Phi) is 5.60. The van der Waals surface area contributed by atoms with Gasteiger partial charge >= 0.3 is 0 Å². The number of hydrogen-bond acceptors (Lipinski definition) is 3. The lowest BCUT2D eigenvalue weighted by Crippen LogP contribution is -2.11. The molecule has 0 aliphatic heterocycles. The van der Waals surface area contributed by atoms with Crippen LogP contribution in [0.3, 0.4) is 0 Å². The molecule has 0 aromatic heterocycles. The average molecular weight is 356 g/mol. The van der Waals surface area contributed by atoms with Gasteiger partial charge in [-0.25, -0.2) is 4.39 Å². The molecule has 1 saturated carbocycles. The first-order valence-corrected chi connectivity index (χ1v) is 9.22. The van der Waals surface area contributed by atoms with Crippen molar-refractivity contribution in [1.82, 2.24) is 0 Å². The third kappa shape index (κ3) is 3.74. The number of benzene rings is 2. The Morgan fingerprint density at radius 2 is 1.88 bits per heavy atom. The number of carbonyl (C=O) groups is 1. The van der Waals surface area contributed by atoms with E-state index in [4.69, 9.17) is 9.47 Å². The number of carbonyl (C=O) groups excluding carboxylic acids is 1. The van der Waals surface area contributed by atoms with Crippen molar-refractivity contribution in [2.24, 2.45) is 0 Å². The summed E-state index contributed by atoms with van der Waals surface area (Å²) >= 11 is 0. The minimum Gasteiger partial charge on any atom is -0.493 e. The fourth-order valence-corrected chi connectivity index (χ4v) is 3.54. The number of methoxy groups -OCH3 is 1. The van der Waals surface area contributed by atoms with Crippen LogP contribution in [0, 0.1) is 5.82 Å². The summed E-state index contributed by atoms with van der Waals surface area (Å²) in [6.07, 6.45) is 5.22. The lowest BCUT2D eigenvalue weighted by molar-refractivity contribution is 0.101. The van der Waals surface area contributed by atoms with Gasteiger partial charge in [0.1, 0.15) is 5.82 Å². The van der Waals surface area contributed by atoms with Crippen molar-refractivity contribution in [3.05, 3.63) is 47.3 Å². The number of hydrogen-bond donors (Lipinski definition) is 0. The molecule has 3 nitrogen and oxygen atoms in total. The molecule has 138 valence electrons. The molecule has 0 atom stereocenters. The Balaban J connectivity index is 2.07. The lowest BCUT2D eigenvalue weighted by Gasteiger charge is -2.18. The van der Waals surface area contributed by atoms with E-state index in [-0.39, 0.29) is 17.7 Å². The minimum absolute atomic E-state index is 0.157. The standard InChI is InChI=1S/C22H25FO3/c1-4-15-11-19(18(14(2)24)13-20(15)23)16-9-10-21(25-3)22(12-16)26-17-7-5-6-8-17/h9-13,17H,4-8H2,1-3H3. The number of rotatable bonds is 6. The van der Waals surface area contributed by atoms with Crippen molar-refractivity contribution in [1.29, 1.82) is 0 Å². The molecule has 1 aliphatic carbocycles. The van der Waals surface area contributed by atoms with Gasteiger partial charge in [0, 0.05) is 5.56 Å². The summed E-state index contributed by atoms with van der Waals surface area (Å²) < 4.78 is 25.8. The molecular formula is C22H25FO3. The number of aryl methyl sites for hydroxylation is 1. The van der Waals surface area contributed by atoms with Crippen molar-refractivity contribution in [2.75, 3.05) is 7.11 Å².